The van der Waals surface area contributed by atoms with Crippen molar-refractivity contribution in [3.63, 3.8) is 0 Å². The van der Waals surface area contributed by atoms with Crippen LogP contribution in [0.2, 0.25) is 0 Å². The van der Waals surface area contributed by atoms with Crippen LogP contribution >= 0.6 is 24.0 Å². The smallest absolute Gasteiger partial charge is 0.134 e. The molecule has 18 heavy (non-hydrogen) atoms. The van der Waals surface area contributed by atoms with Gasteiger partial charge in [0.15, 0.2) is 0 Å². The fourth-order valence-corrected chi connectivity index (χ4v) is 2.35. The van der Waals surface area contributed by atoms with Gasteiger partial charge in [-0.25, -0.2) is 0 Å². The summed E-state index contributed by atoms with van der Waals surface area (Å²) < 4.78 is 0.810. The first-order chi connectivity index (χ1) is 8.84. The molecule has 0 atom stereocenters. The summed E-state index contributed by atoms with van der Waals surface area (Å²) in [5, 5.41) is 3.20. The van der Waals surface area contributed by atoms with E-state index in [1.807, 2.05) is 36.4 Å². The summed E-state index contributed by atoms with van der Waals surface area (Å²) in [5.41, 5.74) is 2.28. The molecule has 2 nitrogen and oxygen atoms in total. The number of thioether (sulfide) groups is 1. The highest BCUT2D eigenvalue weighted by Crippen LogP contribution is 2.12. The minimum atomic E-state index is 0.682. The first-order valence-electron chi connectivity index (χ1n) is 5.69. The molecule has 0 spiro atoms. The number of rotatable bonds is 4. The topological polar surface area (TPSA) is 24.9 Å². The molecule has 0 bridgehead atoms. The van der Waals surface area contributed by atoms with Crippen LogP contribution in [0.3, 0.4) is 0 Å². The molecule has 0 fully saturated rings. The van der Waals surface area contributed by atoms with Crippen LogP contribution in [0.4, 0.5) is 0 Å². The first kappa shape index (κ1) is 13.1. The van der Waals surface area contributed by atoms with Gasteiger partial charge in [0, 0.05) is 11.9 Å². The highest BCUT2D eigenvalue weighted by molar-refractivity contribution is 8.22. The van der Waals surface area contributed by atoms with E-state index in [1.165, 1.54) is 5.56 Å². The maximum Gasteiger partial charge on any atom is 0.134 e. The van der Waals surface area contributed by atoms with Crippen molar-refractivity contribution in [2.45, 2.75) is 12.3 Å². The van der Waals surface area contributed by atoms with E-state index in [1.54, 1.807) is 18.0 Å². The molecule has 0 aliphatic heterocycles. The number of aromatic nitrogens is 1. The van der Waals surface area contributed by atoms with Crippen LogP contribution in [0.25, 0.3) is 0 Å². The molecule has 1 aromatic carbocycles. The molecule has 92 valence electrons. The lowest BCUT2D eigenvalue weighted by atomic mass is 10.2. The molecule has 1 heterocycles. The van der Waals surface area contributed by atoms with Crippen LogP contribution in [0, 0.1) is 0 Å². The van der Waals surface area contributed by atoms with E-state index in [2.05, 4.69) is 22.4 Å². The van der Waals surface area contributed by atoms with Gasteiger partial charge in [0.2, 0.25) is 0 Å². The molecule has 2 aromatic rings. The van der Waals surface area contributed by atoms with E-state index < -0.39 is 0 Å². The molecule has 4 heteroatoms. The van der Waals surface area contributed by atoms with Crippen molar-refractivity contribution in [3.05, 3.63) is 66.0 Å². The van der Waals surface area contributed by atoms with Gasteiger partial charge in [-0.05, 0) is 17.7 Å². The fraction of sp³-hybridized carbons (Fsp3) is 0.143. The Morgan fingerprint density at radius 3 is 2.61 bits per heavy atom. The molecular weight excluding hydrogens is 260 g/mol. The van der Waals surface area contributed by atoms with Crippen LogP contribution < -0.4 is 5.32 Å². The molecule has 0 radical (unpaired) electrons. The van der Waals surface area contributed by atoms with Crippen LogP contribution in [0.15, 0.2) is 54.7 Å². The van der Waals surface area contributed by atoms with Gasteiger partial charge in [-0.1, -0.05) is 60.4 Å². The molecule has 1 aromatic heterocycles. The monoisotopic (exact) mass is 274 g/mol. The van der Waals surface area contributed by atoms with Crippen LogP contribution in [0.1, 0.15) is 11.3 Å². The summed E-state index contributed by atoms with van der Waals surface area (Å²) in [7, 11) is 0. The zero-order valence-corrected chi connectivity index (χ0v) is 11.5. The zero-order chi connectivity index (χ0) is 12.6. The largest absolute Gasteiger partial charge is 0.365 e. The average molecular weight is 274 g/mol. The normalized spacial score (nSPS) is 10.0. The second kappa shape index (κ2) is 7.13. The Morgan fingerprint density at radius 1 is 1.11 bits per heavy atom. The number of thiocarbonyl (C=S) groups is 1. The van der Waals surface area contributed by atoms with Gasteiger partial charge in [0.05, 0.1) is 12.2 Å². The lowest BCUT2D eigenvalue weighted by molar-refractivity contribution is 0.892. The lowest BCUT2D eigenvalue weighted by Gasteiger charge is -2.06. The van der Waals surface area contributed by atoms with E-state index >= 15 is 0 Å². The standard InChI is InChI=1S/C14H14N2S2/c17-14(16-10-13-8-4-5-9-15-13)18-11-12-6-2-1-3-7-12/h1-9H,10-11H2,(H,16,17). The Kier molecular flexibility index (Phi) is 5.17. The number of nitrogens with one attached hydrogen (secondary N) is 1. The van der Waals surface area contributed by atoms with Crippen LogP contribution in [-0.2, 0) is 12.3 Å². The molecule has 2 rings (SSSR count). The third-order valence-electron chi connectivity index (χ3n) is 2.35. The van der Waals surface area contributed by atoms with Crippen LogP contribution in [0.5, 0.6) is 0 Å². The number of pyridine rings is 1. The van der Waals surface area contributed by atoms with Crippen molar-refractivity contribution in [1.82, 2.24) is 10.3 Å². The third kappa shape index (κ3) is 4.47. The van der Waals surface area contributed by atoms with E-state index in [9.17, 15) is 0 Å². The summed E-state index contributed by atoms with van der Waals surface area (Å²) in [6.45, 7) is 0.682. The second-order valence-corrected chi connectivity index (χ2v) is 5.39. The van der Waals surface area contributed by atoms with Crippen molar-refractivity contribution < 1.29 is 0 Å². The minimum absolute atomic E-state index is 0.682. The van der Waals surface area contributed by atoms with E-state index in [-0.39, 0.29) is 0 Å². The Morgan fingerprint density at radius 2 is 1.89 bits per heavy atom. The summed E-state index contributed by atoms with van der Waals surface area (Å²) in [6.07, 6.45) is 1.79. The van der Waals surface area contributed by atoms with Crippen LogP contribution in [-0.4, -0.2) is 9.30 Å². The molecule has 0 saturated heterocycles. The molecule has 0 saturated carbocycles. The Bertz CT molecular complexity index is 440. The van der Waals surface area contributed by atoms with Crippen molar-refractivity contribution in [2.75, 3.05) is 0 Å². The first-order valence-corrected chi connectivity index (χ1v) is 7.08. The Labute approximate surface area is 117 Å². The molecule has 0 aliphatic rings. The lowest BCUT2D eigenvalue weighted by Crippen LogP contribution is -2.18. The van der Waals surface area contributed by atoms with Gasteiger partial charge >= 0.3 is 0 Å². The molecule has 0 aliphatic carbocycles. The molecule has 0 amide bonds. The Hall–Kier alpha value is -1.39. The number of hydrogen-bond donors (Lipinski definition) is 1. The highest BCUT2D eigenvalue weighted by atomic mass is 32.2. The van der Waals surface area contributed by atoms with Gasteiger partial charge in [-0.2, -0.15) is 0 Å². The minimum Gasteiger partial charge on any atom is -0.365 e. The summed E-state index contributed by atoms with van der Waals surface area (Å²) in [5.74, 6) is 0.898. The second-order valence-electron chi connectivity index (χ2n) is 3.74. The Balaban J connectivity index is 1.73. The zero-order valence-electron chi connectivity index (χ0n) is 9.87. The van der Waals surface area contributed by atoms with E-state index in [0.29, 0.717) is 6.54 Å². The fourth-order valence-electron chi connectivity index (χ4n) is 1.44. The van der Waals surface area contributed by atoms with Gasteiger partial charge in [0.25, 0.3) is 0 Å². The van der Waals surface area contributed by atoms with Crippen molar-refractivity contribution in [2.24, 2.45) is 0 Å². The van der Waals surface area contributed by atoms with Crippen molar-refractivity contribution in [1.29, 1.82) is 0 Å². The average Bonchev–Trinajstić information content (AvgIpc) is 2.45. The summed E-state index contributed by atoms with van der Waals surface area (Å²) in [4.78, 5) is 4.24. The van der Waals surface area contributed by atoms with E-state index in [0.717, 1.165) is 15.8 Å². The summed E-state index contributed by atoms with van der Waals surface area (Å²) >= 11 is 6.92. The number of benzene rings is 1. The quantitative estimate of drug-likeness (QED) is 0.864. The maximum absolute atomic E-state index is 5.28. The maximum atomic E-state index is 5.28. The van der Waals surface area contributed by atoms with Gasteiger partial charge in [0.1, 0.15) is 4.32 Å². The number of nitrogens with zero attached hydrogens (tertiary/aromatic N) is 1. The highest BCUT2D eigenvalue weighted by Gasteiger charge is 1.99. The third-order valence-corrected chi connectivity index (χ3v) is 3.73. The molecule has 1 N–H and O–H groups in total. The van der Waals surface area contributed by atoms with Gasteiger partial charge < -0.3 is 5.32 Å². The predicted molar refractivity (Wildman–Crippen MR) is 81.4 cm³/mol. The van der Waals surface area contributed by atoms with E-state index in [4.69, 9.17) is 12.2 Å². The molecular formula is C14H14N2S2. The van der Waals surface area contributed by atoms with Gasteiger partial charge in [-0.15, -0.1) is 0 Å². The van der Waals surface area contributed by atoms with Gasteiger partial charge in [-0.3, -0.25) is 4.98 Å². The predicted octanol–water partition coefficient (Wildman–Crippen LogP) is 3.39. The van der Waals surface area contributed by atoms with Crippen molar-refractivity contribution in [3.8, 4) is 0 Å². The SMILES string of the molecule is S=C(NCc1ccccn1)SCc1ccccc1. The van der Waals surface area contributed by atoms with Crippen molar-refractivity contribution >= 4 is 28.3 Å². The molecule has 0 unspecified atom stereocenters. The number of hydrogen-bond acceptors (Lipinski definition) is 3. The summed E-state index contributed by atoms with van der Waals surface area (Å²) in [6, 6.07) is 16.2.